The Balaban J connectivity index is 1.64. The van der Waals surface area contributed by atoms with Gasteiger partial charge < -0.3 is 5.32 Å². The maximum absolute atomic E-state index is 4.37. The molecule has 3 heteroatoms. The van der Waals surface area contributed by atoms with Gasteiger partial charge in [-0.2, -0.15) is 0 Å². The number of pyridine rings is 1. The average molecular weight is 289 g/mol. The van der Waals surface area contributed by atoms with E-state index in [1.165, 1.54) is 17.5 Å². The molecule has 0 spiro atoms. The fourth-order valence-corrected chi connectivity index (χ4v) is 2.62. The highest BCUT2D eigenvalue weighted by atomic mass is 79.9. The van der Waals surface area contributed by atoms with Gasteiger partial charge in [0.1, 0.15) is 10.4 Å². The molecular formula is C14H13BrN2. The first kappa shape index (κ1) is 10.8. The summed E-state index contributed by atoms with van der Waals surface area (Å²) in [6.07, 6.45) is 1.18. The zero-order chi connectivity index (χ0) is 11.7. The summed E-state index contributed by atoms with van der Waals surface area (Å²) >= 11 is 3.37. The van der Waals surface area contributed by atoms with Crippen molar-refractivity contribution in [2.45, 2.75) is 12.3 Å². The van der Waals surface area contributed by atoms with Gasteiger partial charge in [-0.15, -0.1) is 0 Å². The molecule has 0 saturated heterocycles. The van der Waals surface area contributed by atoms with Crippen LogP contribution in [0.3, 0.4) is 0 Å². The predicted molar refractivity (Wildman–Crippen MR) is 73.3 cm³/mol. The Kier molecular flexibility index (Phi) is 2.85. The van der Waals surface area contributed by atoms with Crippen molar-refractivity contribution in [2.24, 2.45) is 0 Å². The van der Waals surface area contributed by atoms with Gasteiger partial charge in [0.2, 0.25) is 0 Å². The molecule has 0 saturated carbocycles. The molecule has 0 fully saturated rings. The van der Waals surface area contributed by atoms with Crippen LogP contribution >= 0.6 is 15.9 Å². The summed E-state index contributed by atoms with van der Waals surface area (Å²) in [4.78, 5) is 4.37. The molecule has 1 heterocycles. The first-order valence-electron chi connectivity index (χ1n) is 5.77. The molecule has 1 atom stereocenters. The number of rotatable bonds is 3. The largest absolute Gasteiger partial charge is 0.369 e. The second kappa shape index (κ2) is 4.49. The molecule has 1 aliphatic rings. The van der Waals surface area contributed by atoms with E-state index >= 15 is 0 Å². The van der Waals surface area contributed by atoms with E-state index in [4.69, 9.17) is 0 Å². The van der Waals surface area contributed by atoms with E-state index in [0.29, 0.717) is 5.92 Å². The molecule has 1 aliphatic carbocycles. The molecule has 0 radical (unpaired) electrons. The van der Waals surface area contributed by atoms with Gasteiger partial charge >= 0.3 is 0 Å². The van der Waals surface area contributed by atoms with Crippen molar-refractivity contribution < 1.29 is 0 Å². The number of nitrogens with one attached hydrogen (secondary N) is 1. The Morgan fingerprint density at radius 2 is 2.06 bits per heavy atom. The summed E-state index contributed by atoms with van der Waals surface area (Å²) in [5.74, 6) is 1.57. The molecular weight excluding hydrogens is 276 g/mol. The van der Waals surface area contributed by atoms with Crippen molar-refractivity contribution in [3.05, 3.63) is 58.2 Å². The van der Waals surface area contributed by atoms with Crippen LogP contribution in [0.15, 0.2) is 47.1 Å². The quantitative estimate of drug-likeness (QED) is 0.873. The smallest absolute Gasteiger partial charge is 0.127 e. The SMILES string of the molecule is Brc1cccc(NCC2Cc3ccccc32)n1. The number of hydrogen-bond donors (Lipinski definition) is 1. The highest BCUT2D eigenvalue weighted by Gasteiger charge is 2.24. The van der Waals surface area contributed by atoms with Gasteiger partial charge in [-0.05, 0) is 45.6 Å². The van der Waals surface area contributed by atoms with Crippen LogP contribution in [0.1, 0.15) is 17.0 Å². The molecule has 0 bridgehead atoms. The van der Waals surface area contributed by atoms with Gasteiger partial charge in [-0.3, -0.25) is 0 Å². The Bertz CT molecular complexity index is 539. The van der Waals surface area contributed by atoms with Crippen LogP contribution in [0.2, 0.25) is 0 Å². The van der Waals surface area contributed by atoms with Crippen molar-refractivity contribution in [2.75, 3.05) is 11.9 Å². The van der Waals surface area contributed by atoms with Crippen LogP contribution < -0.4 is 5.32 Å². The van der Waals surface area contributed by atoms with Crippen molar-refractivity contribution in [3.8, 4) is 0 Å². The summed E-state index contributed by atoms with van der Waals surface area (Å²) in [5.41, 5.74) is 2.97. The number of fused-ring (bicyclic) bond motifs is 1. The third-order valence-electron chi connectivity index (χ3n) is 3.21. The van der Waals surface area contributed by atoms with Gasteiger partial charge in [0.15, 0.2) is 0 Å². The zero-order valence-electron chi connectivity index (χ0n) is 9.36. The fraction of sp³-hybridized carbons (Fsp3) is 0.214. The Morgan fingerprint density at radius 1 is 1.18 bits per heavy atom. The minimum absolute atomic E-state index is 0.631. The summed E-state index contributed by atoms with van der Waals surface area (Å²) in [7, 11) is 0. The lowest BCUT2D eigenvalue weighted by Gasteiger charge is -2.30. The lowest BCUT2D eigenvalue weighted by molar-refractivity contribution is 0.634. The van der Waals surface area contributed by atoms with Crippen LogP contribution in [-0.4, -0.2) is 11.5 Å². The third kappa shape index (κ3) is 2.20. The molecule has 17 heavy (non-hydrogen) atoms. The minimum Gasteiger partial charge on any atom is -0.369 e. The summed E-state index contributed by atoms with van der Waals surface area (Å²) in [6.45, 7) is 0.959. The molecule has 2 nitrogen and oxygen atoms in total. The Hall–Kier alpha value is -1.35. The maximum Gasteiger partial charge on any atom is 0.127 e. The molecule has 0 amide bonds. The molecule has 3 rings (SSSR count). The first-order chi connectivity index (χ1) is 8.33. The highest BCUT2D eigenvalue weighted by molar-refractivity contribution is 9.10. The summed E-state index contributed by atoms with van der Waals surface area (Å²) < 4.78 is 0.872. The van der Waals surface area contributed by atoms with Crippen LogP contribution in [0.5, 0.6) is 0 Å². The number of benzene rings is 1. The fourth-order valence-electron chi connectivity index (χ4n) is 2.28. The van der Waals surface area contributed by atoms with E-state index in [1.54, 1.807) is 0 Å². The van der Waals surface area contributed by atoms with Gasteiger partial charge in [0, 0.05) is 12.5 Å². The highest BCUT2D eigenvalue weighted by Crippen LogP contribution is 2.34. The van der Waals surface area contributed by atoms with Crippen LogP contribution in [0.4, 0.5) is 5.82 Å². The summed E-state index contributed by atoms with van der Waals surface area (Å²) in [6, 6.07) is 14.6. The van der Waals surface area contributed by atoms with Gasteiger partial charge in [-0.1, -0.05) is 30.3 Å². The number of aromatic nitrogens is 1. The van der Waals surface area contributed by atoms with E-state index in [2.05, 4.69) is 50.5 Å². The number of anilines is 1. The van der Waals surface area contributed by atoms with Crippen LogP contribution in [0.25, 0.3) is 0 Å². The summed E-state index contributed by atoms with van der Waals surface area (Å²) in [5, 5.41) is 3.39. The lowest BCUT2D eigenvalue weighted by Crippen LogP contribution is -2.24. The number of hydrogen-bond acceptors (Lipinski definition) is 2. The lowest BCUT2D eigenvalue weighted by atomic mass is 9.77. The topological polar surface area (TPSA) is 24.9 Å². The minimum atomic E-state index is 0.631. The average Bonchev–Trinajstić information content (AvgIpc) is 2.30. The van der Waals surface area contributed by atoms with E-state index in [1.807, 2.05) is 18.2 Å². The van der Waals surface area contributed by atoms with Crippen LogP contribution in [0, 0.1) is 0 Å². The third-order valence-corrected chi connectivity index (χ3v) is 3.65. The monoisotopic (exact) mass is 288 g/mol. The maximum atomic E-state index is 4.37. The second-order valence-corrected chi connectivity index (χ2v) is 5.14. The van der Waals surface area contributed by atoms with Crippen molar-refractivity contribution in [1.82, 2.24) is 4.98 Å². The first-order valence-corrected chi connectivity index (χ1v) is 6.56. The van der Waals surface area contributed by atoms with Crippen molar-refractivity contribution in [3.63, 3.8) is 0 Å². The Morgan fingerprint density at radius 3 is 2.88 bits per heavy atom. The molecule has 1 aromatic heterocycles. The molecule has 1 unspecified atom stereocenters. The van der Waals surface area contributed by atoms with Gasteiger partial charge in [0.25, 0.3) is 0 Å². The van der Waals surface area contributed by atoms with Crippen molar-refractivity contribution in [1.29, 1.82) is 0 Å². The second-order valence-electron chi connectivity index (χ2n) is 4.33. The van der Waals surface area contributed by atoms with E-state index in [9.17, 15) is 0 Å². The predicted octanol–water partition coefficient (Wildman–Crippen LogP) is 3.60. The van der Waals surface area contributed by atoms with Gasteiger partial charge in [-0.25, -0.2) is 4.98 Å². The van der Waals surface area contributed by atoms with Gasteiger partial charge in [0.05, 0.1) is 0 Å². The molecule has 2 aromatic rings. The molecule has 1 aromatic carbocycles. The molecule has 0 aliphatic heterocycles. The standard InChI is InChI=1S/C14H13BrN2/c15-13-6-3-7-14(17-13)16-9-11-8-10-4-1-2-5-12(10)11/h1-7,11H,8-9H2,(H,16,17). The Labute approximate surface area is 109 Å². The van der Waals surface area contributed by atoms with Crippen LogP contribution in [-0.2, 0) is 6.42 Å². The molecule has 1 N–H and O–H groups in total. The number of halogens is 1. The zero-order valence-corrected chi connectivity index (χ0v) is 10.9. The number of nitrogens with zero attached hydrogens (tertiary/aromatic N) is 1. The van der Waals surface area contributed by atoms with E-state index < -0.39 is 0 Å². The van der Waals surface area contributed by atoms with E-state index in [0.717, 1.165) is 17.0 Å². The normalized spacial score (nSPS) is 17.1. The van der Waals surface area contributed by atoms with Crippen molar-refractivity contribution >= 4 is 21.7 Å². The van der Waals surface area contributed by atoms with E-state index in [-0.39, 0.29) is 0 Å². The molecule has 86 valence electrons.